The molecule has 0 N–H and O–H groups in total. The number of benzene rings is 1. The van der Waals surface area contributed by atoms with Gasteiger partial charge in [-0.2, -0.15) is 5.26 Å². The van der Waals surface area contributed by atoms with Crippen molar-refractivity contribution in [3.63, 3.8) is 0 Å². The monoisotopic (exact) mass is 269 g/mol. The summed E-state index contributed by atoms with van der Waals surface area (Å²) in [7, 11) is 0. The van der Waals surface area contributed by atoms with Crippen LogP contribution < -0.4 is 9.64 Å². The predicted octanol–water partition coefficient (Wildman–Crippen LogP) is 3.35. The first-order valence-electron chi connectivity index (χ1n) is 6.96. The average molecular weight is 269 g/mol. The number of nitrogens with zero attached hydrogens (tertiary/aromatic N) is 3. The van der Waals surface area contributed by atoms with Gasteiger partial charge >= 0.3 is 0 Å². The second kappa shape index (κ2) is 6.25. The van der Waals surface area contributed by atoms with Gasteiger partial charge in [0.05, 0.1) is 17.7 Å². The molecule has 104 valence electrons. The maximum Gasteiger partial charge on any atom is 0.147 e. The molecule has 0 saturated heterocycles. The molecule has 1 heterocycles. The maximum absolute atomic E-state index is 9.34. The molecule has 0 atom stereocenters. The van der Waals surface area contributed by atoms with Gasteiger partial charge in [0.1, 0.15) is 17.6 Å². The molecule has 0 fully saturated rings. The predicted molar refractivity (Wildman–Crippen MR) is 81.2 cm³/mol. The van der Waals surface area contributed by atoms with Gasteiger partial charge in [0.2, 0.25) is 0 Å². The lowest BCUT2D eigenvalue weighted by Gasteiger charge is -2.21. The van der Waals surface area contributed by atoms with Crippen LogP contribution in [0, 0.1) is 11.3 Å². The van der Waals surface area contributed by atoms with Gasteiger partial charge < -0.3 is 9.64 Å². The Labute approximate surface area is 119 Å². The Morgan fingerprint density at radius 2 is 1.95 bits per heavy atom. The highest BCUT2D eigenvalue weighted by atomic mass is 16.5. The van der Waals surface area contributed by atoms with Crippen LogP contribution in [0.1, 0.15) is 26.3 Å². The summed E-state index contributed by atoms with van der Waals surface area (Å²) in [5, 5.41) is 10.3. The molecule has 1 aromatic heterocycles. The van der Waals surface area contributed by atoms with Gasteiger partial charge in [-0.05, 0) is 45.0 Å². The number of hydrogen-bond acceptors (Lipinski definition) is 4. The molecule has 0 spiro atoms. The minimum Gasteiger partial charge on any atom is -0.494 e. The minimum absolute atomic E-state index is 0.606. The fraction of sp³-hybridized carbons (Fsp3) is 0.375. The third-order valence-corrected chi connectivity index (χ3v) is 3.26. The van der Waals surface area contributed by atoms with Crippen molar-refractivity contribution in [2.45, 2.75) is 20.8 Å². The van der Waals surface area contributed by atoms with E-state index in [0.717, 1.165) is 35.6 Å². The molecule has 0 aliphatic heterocycles. The number of anilines is 1. The van der Waals surface area contributed by atoms with E-state index < -0.39 is 0 Å². The molecule has 2 rings (SSSR count). The van der Waals surface area contributed by atoms with Crippen LogP contribution in [0.4, 0.5) is 5.82 Å². The van der Waals surface area contributed by atoms with Crippen molar-refractivity contribution in [2.24, 2.45) is 0 Å². The number of fused-ring (bicyclic) bond motifs is 1. The Hall–Kier alpha value is -2.28. The SMILES string of the molecule is CCOc1ccc2nc(N(CC)CC)c(C#N)cc2c1. The van der Waals surface area contributed by atoms with Crippen molar-refractivity contribution in [3.05, 3.63) is 29.8 Å². The van der Waals surface area contributed by atoms with Crippen LogP contribution in [-0.2, 0) is 0 Å². The standard InChI is InChI=1S/C16H19N3O/c1-4-19(5-2)16-13(11-17)9-12-10-14(20-6-3)7-8-15(12)18-16/h7-10H,4-6H2,1-3H3. The van der Waals surface area contributed by atoms with Gasteiger partial charge in [-0.15, -0.1) is 0 Å². The number of aromatic nitrogens is 1. The summed E-state index contributed by atoms with van der Waals surface area (Å²) in [6, 6.07) is 9.91. The van der Waals surface area contributed by atoms with E-state index >= 15 is 0 Å². The Kier molecular flexibility index (Phi) is 4.41. The molecule has 0 amide bonds. The van der Waals surface area contributed by atoms with E-state index in [1.807, 2.05) is 31.2 Å². The van der Waals surface area contributed by atoms with Crippen molar-refractivity contribution >= 4 is 16.7 Å². The van der Waals surface area contributed by atoms with Crippen LogP contribution >= 0.6 is 0 Å². The summed E-state index contributed by atoms with van der Waals surface area (Å²) < 4.78 is 5.49. The second-order valence-electron chi connectivity index (χ2n) is 4.43. The molecule has 0 unspecified atom stereocenters. The van der Waals surface area contributed by atoms with Crippen LogP contribution in [0.15, 0.2) is 24.3 Å². The van der Waals surface area contributed by atoms with E-state index in [-0.39, 0.29) is 0 Å². The molecule has 0 radical (unpaired) electrons. The van der Waals surface area contributed by atoms with Gasteiger partial charge in [0, 0.05) is 18.5 Å². The third kappa shape index (κ3) is 2.67. The zero-order valence-electron chi connectivity index (χ0n) is 12.2. The molecule has 20 heavy (non-hydrogen) atoms. The van der Waals surface area contributed by atoms with Gasteiger partial charge in [-0.1, -0.05) is 0 Å². The molecule has 2 aromatic rings. The highest BCUT2D eigenvalue weighted by molar-refractivity contribution is 5.84. The van der Waals surface area contributed by atoms with Crippen molar-refractivity contribution < 1.29 is 4.74 Å². The molecule has 4 heteroatoms. The lowest BCUT2D eigenvalue weighted by atomic mass is 10.1. The Bertz CT molecular complexity index is 642. The Morgan fingerprint density at radius 1 is 1.20 bits per heavy atom. The molecule has 0 aliphatic rings. The van der Waals surface area contributed by atoms with Gasteiger partial charge in [0.15, 0.2) is 0 Å². The largest absolute Gasteiger partial charge is 0.494 e. The van der Waals surface area contributed by atoms with E-state index in [9.17, 15) is 5.26 Å². The smallest absolute Gasteiger partial charge is 0.147 e. The maximum atomic E-state index is 9.34. The molecular weight excluding hydrogens is 250 g/mol. The third-order valence-electron chi connectivity index (χ3n) is 3.26. The van der Waals surface area contributed by atoms with Crippen molar-refractivity contribution in [3.8, 4) is 11.8 Å². The fourth-order valence-corrected chi connectivity index (χ4v) is 2.25. The van der Waals surface area contributed by atoms with Crippen LogP contribution in [-0.4, -0.2) is 24.7 Å². The summed E-state index contributed by atoms with van der Waals surface area (Å²) >= 11 is 0. The van der Waals surface area contributed by atoms with Crippen LogP contribution in [0.25, 0.3) is 10.9 Å². The number of hydrogen-bond donors (Lipinski definition) is 0. The summed E-state index contributed by atoms with van der Waals surface area (Å²) in [5.74, 6) is 1.57. The summed E-state index contributed by atoms with van der Waals surface area (Å²) in [5.41, 5.74) is 1.49. The van der Waals surface area contributed by atoms with E-state index in [0.29, 0.717) is 12.2 Å². The number of nitriles is 1. The molecule has 1 aromatic carbocycles. The van der Waals surface area contributed by atoms with Crippen LogP contribution in [0.2, 0.25) is 0 Å². The molecule has 0 bridgehead atoms. The highest BCUT2D eigenvalue weighted by Gasteiger charge is 2.12. The van der Waals surface area contributed by atoms with Crippen LogP contribution in [0.3, 0.4) is 0 Å². The van der Waals surface area contributed by atoms with Crippen molar-refractivity contribution in [1.82, 2.24) is 4.98 Å². The molecule has 0 saturated carbocycles. The van der Waals surface area contributed by atoms with E-state index in [1.165, 1.54) is 0 Å². The van der Waals surface area contributed by atoms with Gasteiger partial charge in [0.25, 0.3) is 0 Å². The number of rotatable bonds is 5. The number of pyridine rings is 1. The fourth-order valence-electron chi connectivity index (χ4n) is 2.25. The first-order valence-corrected chi connectivity index (χ1v) is 6.96. The van der Waals surface area contributed by atoms with E-state index in [2.05, 4.69) is 29.8 Å². The summed E-state index contributed by atoms with van der Waals surface area (Å²) in [4.78, 5) is 6.73. The minimum atomic E-state index is 0.606. The first-order chi connectivity index (χ1) is 9.73. The Morgan fingerprint density at radius 3 is 2.55 bits per heavy atom. The molecule has 0 aliphatic carbocycles. The van der Waals surface area contributed by atoms with E-state index in [1.54, 1.807) is 0 Å². The lowest BCUT2D eigenvalue weighted by Crippen LogP contribution is -2.24. The molecule has 4 nitrogen and oxygen atoms in total. The highest BCUT2D eigenvalue weighted by Crippen LogP contribution is 2.26. The quantitative estimate of drug-likeness (QED) is 0.835. The zero-order valence-corrected chi connectivity index (χ0v) is 12.2. The first kappa shape index (κ1) is 14.1. The average Bonchev–Trinajstić information content (AvgIpc) is 2.48. The second-order valence-corrected chi connectivity index (χ2v) is 4.43. The normalized spacial score (nSPS) is 10.3. The van der Waals surface area contributed by atoms with Crippen molar-refractivity contribution in [2.75, 3.05) is 24.6 Å². The zero-order chi connectivity index (χ0) is 14.5. The van der Waals surface area contributed by atoms with E-state index in [4.69, 9.17) is 4.74 Å². The summed E-state index contributed by atoms with van der Waals surface area (Å²) in [6.07, 6.45) is 0. The number of ether oxygens (including phenoxy) is 1. The summed E-state index contributed by atoms with van der Waals surface area (Å²) in [6.45, 7) is 8.37. The van der Waals surface area contributed by atoms with Crippen LogP contribution in [0.5, 0.6) is 5.75 Å². The van der Waals surface area contributed by atoms with Crippen molar-refractivity contribution in [1.29, 1.82) is 5.26 Å². The van der Waals surface area contributed by atoms with Gasteiger partial charge in [-0.25, -0.2) is 4.98 Å². The lowest BCUT2D eigenvalue weighted by molar-refractivity contribution is 0.340. The van der Waals surface area contributed by atoms with Gasteiger partial charge in [-0.3, -0.25) is 0 Å². The Balaban J connectivity index is 2.57. The topological polar surface area (TPSA) is 49.1 Å². The molecular formula is C16H19N3O.